The van der Waals surface area contributed by atoms with Gasteiger partial charge in [0, 0.05) is 12.6 Å². The maximum absolute atomic E-state index is 13.3. The summed E-state index contributed by atoms with van der Waals surface area (Å²) in [6.07, 6.45) is 1.32. The standard InChI is InChI=1S/C27H38N2O4/c1-7-20(5)28-27(31)25(8-2)29(17-21-10-9-11-24(16-21)32-6)26(30)18-33-23-14-12-22(13-15-23)19(3)4/h9-16,19-20,25H,7-8,17-18H2,1-6H3,(H,28,31)/t20-,25+/m0/s1. The van der Waals surface area contributed by atoms with Crippen LogP contribution in [0.1, 0.15) is 64.5 Å². The summed E-state index contributed by atoms with van der Waals surface area (Å²) in [5.74, 6) is 1.37. The molecule has 0 unspecified atom stereocenters. The lowest BCUT2D eigenvalue weighted by atomic mass is 10.0. The molecule has 0 saturated heterocycles. The summed E-state index contributed by atoms with van der Waals surface area (Å²) < 4.78 is 11.1. The van der Waals surface area contributed by atoms with Crippen LogP contribution in [0.5, 0.6) is 11.5 Å². The molecule has 0 saturated carbocycles. The van der Waals surface area contributed by atoms with E-state index in [0.717, 1.165) is 12.0 Å². The summed E-state index contributed by atoms with van der Waals surface area (Å²) in [7, 11) is 1.61. The average Bonchev–Trinajstić information content (AvgIpc) is 2.82. The third-order valence-electron chi connectivity index (χ3n) is 5.78. The minimum Gasteiger partial charge on any atom is -0.497 e. The monoisotopic (exact) mass is 454 g/mol. The van der Waals surface area contributed by atoms with Gasteiger partial charge in [0.1, 0.15) is 17.5 Å². The van der Waals surface area contributed by atoms with Crippen molar-refractivity contribution in [1.29, 1.82) is 0 Å². The number of hydrogen-bond acceptors (Lipinski definition) is 4. The fourth-order valence-electron chi connectivity index (χ4n) is 3.51. The van der Waals surface area contributed by atoms with Crippen molar-refractivity contribution in [3.05, 3.63) is 59.7 Å². The number of hydrogen-bond donors (Lipinski definition) is 1. The average molecular weight is 455 g/mol. The van der Waals surface area contributed by atoms with Crippen molar-refractivity contribution < 1.29 is 19.1 Å². The highest BCUT2D eigenvalue weighted by atomic mass is 16.5. The summed E-state index contributed by atoms with van der Waals surface area (Å²) in [6.45, 7) is 10.3. The number of carbonyl (C=O) groups is 2. The number of benzene rings is 2. The summed E-state index contributed by atoms with van der Waals surface area (Å²) in [5, 5.41) is 3.02. The predicted octanol–water partition coefficient (Wildman–Crippen LogP) is 4.92. The van der Waals surface area contributed by atoms with Crippen LogP contribution in [0, 0.1) is 0 Å². The topological polar surface area (TPSA) is 67.9 Å². The number of methoxy groups -OCH3 is 1. The summed E-state index contributed by atoms with van der Waals surface area (Å²) in [6, 6.07) is 14.7. The molecule has 1 N–H and O–H groups in total. The van der Waals surface area contributed by atoms with Crippen molar-refractivity contribution in [2.45, 2.75) is 72.0 Å². The van der Waals surface area contributed by atoms with Crippen molar-refractivity contribution in [3.8, 4) is 11.5 Å². The van der Waals surface area contributed by atoms with Gasteiger partial charge in [-0.25, -0.2) is 0 Å². The van der Waals surface area contributed by atoms with E-state index < -0.39 is 6.04 Å². The van der Waals surface area contributed by atoms with E-state index in [0.29, 0.717) is 23.8 Å². The minimum atomic E-state index is -0.593. The lowest BCUT2D eigenvalue weighted by Gasteiger charge is -2.31. The molecule has 0 spiro atoms. The second kappa shape index (κ2) is 12.9. The van der Waals surface area contributed by atoms with Gasteiger partial charge in [0.05, 0.1) is 7.11 Å². The van der Waals surface area contributed by atoms with Crippen LogP contribution >= 0.6 is 0 Å². The zero-order valence-electron chi connectivity index (χ0n) is 20.8. The van der Waals surface area contributed by atoms with E-state index in [9.17, 15) is 9.59 Å². The number of carbonyl (C=O) groups excluding carboxylic acids is 2. The molecular formula is C27H38N2O4. The van der Waals surface area contributed by atoms with Crippen LogP contribution in [0.15, 0.2) is 48.5 Å². The first-order valence-electron chi connectivity index (χ1n) is 11.7. The third-order valence-corrected chi connectivity index (χ3v) is 5.78. The number of nitrogens with one attached hydrogen (secondary N) is 1. The van der Waals surface area contributed by atoms with Crippen molar-refractivity contribution >= 4 is 11.8 Å². The van der Waals surface area contributed by atoms with Gasteiger partial charge in [-0.15, -0.1) is 0 Å². The Labute approximate surface area is 198 Å². The number of rotatable bonds is 12. The Morgan fingerprint density at radius 2 is 1.67 bits per heavy atom. The smallest absolute Gasteiger partial charge is 0.261 e. The number of nitrogens with zero attached hydrogens (tertiary/aromatic N) is 1. The van der Waals surface area contributed by atoms with E-state index in [1.165, 1.54) is 5.56 Å². The van der Waals surface area contributed by atoms with Crippen LogP contribution in [-0.2, 0) is 16.1 Å². The lowest BCUT2D eigenvalue weighted by molar-refractivity contribution is -0.143. The SMILES string of the molecule is CC[C@H](C(=O)N[C@@H](C)CC)N(Cc1cccc(OC)c1)C(=O)COc1ccc(C(C)C)cc1. The Morgan fingerprint density at radius 3 is 2.24 bits per heavy atom. The normalized spacial score (nSPS) is 12.7. The predicted molar refractivity (Wildman–Crippen MR) is 132 cm³/mol. The second-order valence-electron chi connectivity index (χ2n) is 8.63. The summed E-state index contributed by atoms with van der Waals surface area (Å²) in [4.78, 5) is 27.9. The van der Waals surface area contributed by atoms with Gasteiger partial charge in [-0.1, -0.05) is 52.0 Å². The number of amides is 2. The maximum Gasteiger partial charge on any atom is 0.261 e. The molecule has 2 atom stereocenters. The fraction of sp³-hybridized carbons (Fsp3) is 0.481. The zero-order valence-corrected chi connectivity index (χ0v) is 20.8. The molecule has 2 amide bonds. The Hall–Kier alpha value is -3.02. The van der Waals surface area contributed by atoms with Crippen LogP contribution in [0.2, 0.25) is 0 Å². The Bertz CT molecular complexity index is 895. The minimum absolute atomic E-state index is 0.0380. The van der Waals surface area contributed by atoms with E-state index in [1.807, 2.05) is 69.3 Å². The highest BCUT2D eigenvalue weighted by Crippen LogP contribution is 2.20. The molecule has 0 aliphatic carbocycles. The molecule has 0 bridgehead atoms. The summed E-state index contributed by atoms with van der Waals surface area (Å²) >= 11 is 0. The molecular weight excluding hydrogens is 416 g/mol. The Morgan fingerprint density at radius 1 is 0.970 bits per heavy atom. The molecule has 33 heavy (non-hydrogen) atoms. The van der Waals surface area contributed by atoms with E-state index in [-0.39, 0.29) is 31.0 Å². The molecule has 6 heteroatoms. The van der Waals surface area contributed by atoms with E-state index in [4.69, 9.17) is 9.47 Å². The Balaban J connectivity index is 2.21. The lowest BCUT2D eigenvalue weighted by Crippen LogP contribution is -2.51. The maximum atomic E-state index is 13.3. The first kappa shape index (κ1) is 26.2. The van der Waals surface area contributed by atoms with Gasteiger partial charge in [-0.2, -0.15) is 0 Å². The molecule has 0 aromatic heterocycles. The summed E-state index contributed by atoms with van der Waals surface area (Å²) in [5.41, 5.74) is 2.10. The highest BCUT2D eigenvalue weighted by molar-refractivity contribution is 5.88. The van der Waals surface area contributed by atoms with Crippen molar-refractivity contribution in [2.75, 3.05) is 13.7 Å². The number of ether oxygens (including phenoxy) is 2. The van der Waals surface area contributed by atoms with Crippen LogP contribution in [0.4, 0.5) is 0 Å². The van der Waals surface area contributed by atoms with Gasteiger partial charge in [0.2, 0.25) is 5.91 Å². The molecule has 0 aliphatic heterocycles. The van der Waals surface area contributed by atoms with Gasteiger partial charge in [-0.05, 0) is 61.1 Å². The molecule has 0 fully saturated rings. The highest BCUT2D eigenvalue weighted by Gasteiger charge is 2.29. The first-order chi connectivity index (χ1) is 15.8. The van der Waals surface area contributed by atoms with Gasteiger partial charge in [0.25, 0.3) is 5.91 Å². The van der Waals surface area contributed by atoms with Crippen molar-refractivity contribution in [1.82, 2.24) is 10.2 Å². The van der Waals surface area contributed by atoms with Gasteiger partial charge < -0.3 is 19.7 Å². The van der Waals surface area contributed by atoms with Crippen LogP contribution in [0.3, 0.4) is 0 Å². The molecule has 2 aromatic rings. The largest absolute Gasteiger partial charge is 0.497 e. The fourth-order valence-corrected chi connectivity index (χ4v) is 3.51. The third kappa shape index (κ3) is 7.81. The zero-order chi connectivity index (χ0) is 24.4. The van der Waals surface area contributed by atoms with Crippen LogP contribution in [0.25, 0.3) is 0 Å². The first-order valence-corrected chi connectivity index (χ1v) is 11.7. The van der Waals surface area contributed by atoms with Crippen LogP contribution < -0.4 is 14.8 Å². The molecule has 0 radical (unpaired) electrons. The molecule has 0 heterocycles. The molecule has 180 valence electrons. The van der Waals surface area contributed by atoms with E-state index in [1.54, 1.807) is 12.0 Å². The quantitative estimate of drug-likeness (QED) is 0.494. The molecule has 2 rings (SSSR count). The van der Waals surface area contributed by atoms with Gasteiger partial charge in [-0.3, -0.25) is 9.59 Å². The van der Waals surface area contributed by atoms with Crippen molar-refractivity contribution in [2.24, 2.45) is 0 Å². The van der Waals surface area contributed by atoms with Crippen molar-refractivity contribution in [3.63, 3.8) is 0 Å². The molecule has 6 nitrogen and oxygen atoms in total. The van der Waals surface area contributed by atoms with E-state index >= 15 is 0 Å². The molecule has 2 aromatic carbocycles. The Kier molecular flexibility index (Phi) is 10.2. The van der Waals surface area contributed by atoms with Crippen LogP contribution in [-0.4, -0.2) is 42.5 Å². The van der Waals surface area contributed by atoms with Gasteiger partial charge in [0.15, 0.2) is 6.61 Å². The molecule has 0 aliphatic rings. The van der Waals surface area contributed by atoms with Gasteiger partial charge >= 0.3 is 0 Å². The second-order valence-corrected chi connectivity index (χ2v) is 8.63. The van der Waals surface area contributed by atoms with E-state index in [2.05, 4.69) is 19.2 Å².